The fraction of sp³-hybridized carbons (Fsp3) is 0.455. The standard InChI is InChI=1S/C11H9F3N2O/c12-11(13,14)4-3-10(7-15,8-16)6-9-2-1-5-17-9/h1-2,5H,3-4,6H2. The van der Waals surface area contributed by atoms with Crippen LogP contribution in [0, 0.1) is 28.1 Å². The van der Waals surface area contributed by atoms with Gasteiger partial charge in [-0.1, -0.05) is 0 Å². The molecule has 0 unspecified atom stereocenters. The van der Waals surface area contributed by atoms with Gasteiger partial charge in [-0.05, 0) is 18.6 Å². The topological polar surface area (TPSA) is 60.7 Å². The Morgan fingerprint density at radius 1 is 1.18 bits per heavy atom. The summed E-state index contributed by atoms with van der Waals surface area (Å²) in [7, 11) is 0. The van der Waals surface area contributed by atoms with E-state index >= 15 is 0 Å². The molecule has 0 radical (unpaired) electrons. The van der Waals surface area contributed by atoms with Crippen LogP contribution in [0.2, 0.25) is 0 Å². The van der Waals surface area contributed by atoms with Gasteiger partial charge in [0.05, 0.1) is 18.4 Å². The second-order valence-corrected chi connectivity index (χ2v) is 3.68. The normalized spacial score (nSPS) is 11.8. The van der Waals surface area contributed by atoms with Crippen molar-refractivity contribution < 1.29 is 17.6 Å². The van der Waals surface area contributed by atoms with Gasteiger partial charge >= 0.3 is 6.18 Å². The molecular weight excluding hydrogens is 233 g/mol. The van der Waals surface area contributed by atoms with Crippen LogP contribution in [0.25, 0.3) is 0 Å². The van der Waals surface area contributed by atoms with Crippen molar-refractivity contribution in [2.75, 3.05) is 0 Å². The van der Waals surface area contributed by atoms with Crippen LogP contribution in [-0.2, 0) is 6.42 Å². The van der Waals surface area contributed by atoms with E-state index in [1.807, 2.05) is 0 Å². The van der Waals surface area contributed by atoms with E-state index in [0.29, 0.717) is 5.76 Å². The number of nitriles is 2. The highest BCUT2D eigenvalue weighted by Crippen LogP contribution is 2.33. The molecule has 0 saturated carbocycles. The Bertz CT molecular complexity index is 423. The predicted molar refractivity (Wildman–Crippen MR) is 51.4 cm³/mol. The maximum Gasteiger partial charge on any atom is 0.389 e. The van der Waals surface area contributed by atoms with E-state index < -0.39 is 24.4 Å². The average molecular weight is 242 g/mol. The Morgan fingerprint density at radius 3 is 2.24 bits per heavy atom. The van der Waals surface area contributed by atoms with E-state index in [9.17, 15) is 13.2 Å². The molecule has 0 spiro atoms. The lowest BCUT2D eigenvalue weighted by Gasteiger charge is -2.17. The molecule has 1 heterocycles. The minimum Gasteiger partial charge on any atom is -0.469 e. The summed E-state index contributed by atoms with van der Waals surface area (Å²) in [6, 6.07) is 6.39. The van der Waals surface area contributed by atoms with Crippen LogP contribution in [0.4, 0.5) is 13.2 Å². The van der Waals surface area contributed by atoms with E-state index in [1.165, 1.54) is 12.3 Å². The quantitative estimate of drug-likeness (QED) is 0.814. The maximum absolute atomic E-state index is 12.1. The fourth-order valence-electron chi connectivity index (χ4n) is 1.37. The van der Waals surface area contributed by atoms with E-state index in [4.69, 9.17) is 14.9 Å². The van der Waals surface area contributed by atoms with Crippen LogP contribution >= 0.6 is 0 Å². The zero-order chi connectivity index (χ0) is 12.9. The van der Waals surface area contributed by atoms with E-state index in [2.05, 4.69) is 0 Å². The second kappa shape index (κ2) is 4.92. The molecule has 0 aliphatic carbocycles. The molecule has 0 bridgehead atoms. The molecule has 0 N–H and O–H groups in total. The minimum absolute atomic E-state index is 0.136. The largest absolute Gasteiger partial charge is 0.469 e. The number of hydrogen-bond donors (Lipinski definition) is 0. The molecule has 0 amide bonds. The first-order chi connectivity index (χ1) is 7.91. The van der Waals surface area contributed by atoms with Crippen LogP contribution < -0.4 is 0 Å². The smallest absolute Gasteiger partial charge is 0.389 e. The van der Waals surface area contributed by atoms with Crippen molar-refractivity contribution in [3.63, 3.8) is 0 Å². The average Bonchev–Trinajstić information content (AvgIpc) is 2.76. The number of furan rings is 1. The van der Waals surface area contributed by atoms with Crippen LogP contribution in [0.15, 0.2) is 22.8 Å². The first kappa shape index (κ1) is 13.1. The number of hydrogen-bond acceptors (Lipinski definition) is 3. The Labute approximate surface area is 96.1 Å². The maximum atomic E-state index is 12.1. The van der Waals surface area contributed by atoms with Crippen LogP contribution in [0.5, 0.6) is 0 Å². The van der Waals surface area contributed by atoms with Crippen molar-refractivity contribution in [2.24, 2.45) is 5.41 Å². The van der Waals surface area contributed by atoms with Crippen LogP contribution in [0.3, 0.4) is 0 Å². The highest BCUT2D eigenvalue weighted by Gasteiger charge is 2.37. The first-order valence-electron chi connectivity index (χ1n) is 4.82. The molecule has 6 heteroatoms. The zero-order valence-corrected chi connectivity index (χ0v) is 8.79. The Morgan fingerprint density at radius 2 is 1.82 bits per heavy atom. The summed E-state index contributed by atoms with van der Waals surface area (Å²) in [5.74, 6) is 0.329. The molecule has 90 valence electrons. The van der Waals surface area contributed by atoms with Gasteiger partial charge in [-0.15, -0.1) is 0 Å². The highest BCUT2D eigenvalue weighted by atomic mass is 19.4. The molecule has 0 atom stereocenters. The SMILES string of the molecule is N#CC(C#N)(CCC(F)(F)F)Cc1ccco1. The third-order valence-corrected chi connectivity index (χ3v) is 2.32. The van der Waals surface area contributed by atoms with Crippen molar-refractivity contribution in [1.29, 1.82) is 10.5 Å². The van der Waals surface area contributed by atoms with Gasteiger partial charge in [-0.2, -0.15) is 23.7 Å². The van der Waals surface area contributed by atoms with E-state index in [0.717, 1.165) is 0 Å². The molecule has 0 saturated heterocycles. The molecule has 3 nitrogen and oxygen atoms in total. The molecular formula is C11H9F3N2O. The third-order valence-electron chi connectivity index (χ3n) is 2.32. The number of rotatable bonds is 4. The zero-order valence-electron chi connectivity index (χ0n) is 8.79. The molecule has 0 fully saturated rings. The number of halogens is 3. The summed E-state index contributed by atoms with van der Waals surface area (Å²) in [6.07, 6.45) is -4.87. The van der Waals surface area contributed by atoms with E-state index in [1.54, 1.807) is 18.2 Å². The van der Waals surface area contributed by atoms with Crippen molar-refractivity contribution >= 4 is 0 Å². The van der Waals surface area contributed by atoms with Gasteiger partial charge in [0, 0.05) is 12.8 Å². The summed E-state index contributed by atoms with van der Waals surface area (Å²) in [5.41, 5.74) is -1.69. The van der Waals surface area contributed by atoms with Crippen LogP contribution in [-0.4, -0.2) is 6.18 Å². The molecule has 0 aromatic carbocycles. The van der Waals surface area contributed by atoms with Crippen LogP contribution in [0.1, 0.15) is 18.6 Å². The minimum atomic E-state index is -4.37. The van der Waals surface area contributed by atoms with Crippen molar-refractivity contribution in [3.05, 3.63) is 24.2 Å². The lowest BCUT2D eigenvalue weighted by molar-refractivity contribution is -0.138. The Kier molecular flexibility index (Phi) is 3.80. The van der Waals surface area contributed by atoms with Gasteiger partial charge in [-0.3, -0.25) is 0 Å². The first-order valence-corrected chi connectivity index (χ1v) is 4.82. The second-order valence-electron chi connectivity index (χ2n) is 3.68. The lowest BCUT2D eigenvalue weighted by Crippen LogP contribution is -2.22. The molecule has 17 heavy (non-hydrogen) atoms. The van der Waals surface area contributed by atoms with Crippen molar-refractivity contribution in [3.8, 4) is 12.1 Å². The number of nitrogens with zero attached hydrogens (tertiary/aromatic N) is 2. The summed E-state index contributed by atoms with van der Waals surface area (Å²) < 4.78 is 41.2. The third kappa shape index (κ3) is 3.84. The van der Waals surface area contributed by atoms with Crippen molar-refractivity contribution in [1.82, 2.24) is 0 Å². The van der Waals surface area contributed by atoms with Crippen molar-refractivity contribution in [2.45, 2.75) is 25.4 Å². The fourth-order valence-corrected chi connectivity index (χ4v) is 1.37. The molecule has 0 aliphatic rings. The highest BCUT2D eigenvalue weighted by molar-refractivity contribution is 5.19. The summed E-state index contributed by atoms with van der Waals surface area (Å²) >= 11 is 0. The number of alkyl halides is 3. The summed E-state index contributed by atoms with van der Waals surface area (Å²) in [6.45, 7) is 0. The van der Waals surface area contributed by atoms with E-state index in [-0.39, 0.29) is 6.42 Å². The summed E-state index contributed by atoms with van der Waals surface area (Å²) in [4.78, 5) is 0. The lowest BCUT2D eigenvalue weighted by atomic mass is 9.82. The Hall–Kier alpha value is -1.95. The van der Waals surface area contributed by atoms with Gasteiger partial charge in [0.15, 0.2) is 5.41 Å². The molecule has 1 aromatic rings. The predicted octanol–water partition coefficient (Wildman–Crippen LogP) is 3.20. The Balaban J connectivity index is 2.77. The molecule has 0 aliphatic heterocycles. The molecule has 1 rings (SSSR count). The van der Waals surface area contributed by atoms with Gasteiger partial charge in [0.2, 0.25) is 0 Å². The monoisotopic (exact) mass is 242 g/mol. The summed E-state index contributed by atoms with van der Waals surface area (Å²) in [5, 5.41) is 17.8. The van der Waals surface area contributed by atoms with Gasteiger partial charge in [-0.25, -0.2) is 0 Å². The molecule has 1 aromatic heterocycles. The van der Waals surface area contributed by atoms with Gasteiger partial charge in [0.25, 0.3) is 0 Å². The van der Waals surface area contributed by atoms with Gasteiger partial charge in [0.1, 0.15) is 5.76 Å². The van der Waals surface area contributed by atoms with Gasteiger partial charge < -0.3 is 4.42 Å².